The van der Waals surface area contributed by atoms with Gasteiger partial charge in [-0.15, -0.1) is 10.2 Å². The smallest absolute Gasteiger partial charge is 0.247 e. The zero-order chi connectivity index (χ0) is 13.2. The van der Waals surface area contributed by atoms with Crippen LogP contribution in [0.4, 0.5) is 4.39 Å². The van der Waals surface area contributed by atoms with Crippen LogP contribution in [0.3, 0.4) is 0 Å². The minimum atomic E-state index is -0.455. The third kappa shape index (κ3) is 2.22. The van der Waals surface area contributed by atoms with Gasteiger partial charge >= 0.3 is 0 Å². The number of hydrogen-bond acceptors (Lipinski definition) is 3. The van der Waals surface area contributed by atoms with E-state index in [1.165, 1.54) is 12.1 Å². The summed E-state index contributed by atoms with van der Waals surface area (Å²) in [6.07, 6.45) is 0. The van der Waals surface area contributed by atoms with Gasteiger partial charge in [-0.25, -0.2) is 4.39 Å². The van der Waals surface area contributed by atoms with E-state index in [4.69, 9.17) is 16.3 Å². The number of ether oxygens (including phenoxy) is 1. The maximum Gasteiger partial charge on any atom is 0.247 e. The van der Waals surface area contributed by atoms with Crippen LogP contribution in [-0.2, 0) is 0 Å². The quantitative estimate of drug-likeness (QED) is 0.702. The van der Waals surface area contributed by atoms with Crippen molar-refractivity contribution < 1.29 is 9.13 Å². The van der Waals surface area contributed by atoms with E-state index >= 15 is 0 Å². The molecule has 2 aromatic carbocycles. The third-order valence-corrected chi connectivity index (χ3v) is 2.93. The van der Waals surface area contributed by atoms with E-state index in [0.717, 1.165) is 0 Å². The Kier molecular flexibility index (Phi) is 3.01. The normalized spacial score (nSPS) is 10.6. The van der Waals surface area contributed by atoms with Gasteiger partial charge in [0, 0.05) is 10.8 Å². The molecule has 0 fully saturated rings. The van der Waals surface area contributed by atoms with Gasteiger partial charge in [0.25, 0.3) is 0 Å². The molecular formula is C14H8ClFN2O. The Morgan fingerprint density at radius 1 is 0.895 bits per heavy atom. The summed E-state index contributed by atoms with van der Waals surface area (Å²) in [6.45, 7) is 0. The minimum absolute atomic E-state index is 0.101. The van der Waals surface area contributed by atoms with Crippen LogP contribution in [0, 0.1) is 5.82 Å². The number of aromatic nitrogens is 2. The van der Waals surface area contributed by atoms with Crippen LogP contribution >= 0.6 is 11.6 Å². The molecule has 0 aliphatic heterocycles. The summed E-state index contributed by atoms with van der Waals surface area (Å²) in [5, 5.41) is 9.36. The summed E-state index contributed by atoms with van der Waals surface area (Å²) in [5.41, 5.74) is 0. The lowest BCUT2D eigenvalue weighted by Gasteiger charge is -2.08. The molecule has 0 saturated heterocycles. The van der Waals surface area contributed by atoms with Crippen LogP contribution in [0.15, 0.2) is 48.5 Å². The molecule has 1 aromatic heterocycles. The predicted octanol–water partition coefficient (Wildman–Crippen LogP) is 4.21. The van der Waals surface area contributed by atoms with E-state index in [0.29, 0.717) is 10.8 Å². The van der Waals surface area contributed by atoms with E-state index in [-0.39, 0.29) is 16.8 Å². The first-order valence-electron chi connectivity index (χ1n) is 5.59. The largest absolute Gasteiger partial charge is 0.434 e. The summed E-state index contributed by atoms with van der Waals surface area (Å²) < 4.78 is 19.0. The van der Waals surface area contributed by atoms with Crippen molar-refractivity contribution in [3.63, 3.8) is 0 Å². The molecule has 0 amide bonds. The summed E-state index contributed by atoms with van der Waals surface area (Å²) in [5.74, 6) is -0.127. The van der Waals surface area contributed by atoms with Gasteiger partial charge in [-0.2, -0.15) is 0 Å². The van der Waals surface area contributed by atoms with E-state index < -0.39 is 5.82 Å². The Balaban J connectivity index is 2.12. The fourth-order valence-electron chi connectivity index (χ4n) is 1.75. The number of para-hydroxylation sites is 1. The zero-order valence-corrected chi connectivity index (χ0v) is 10.4. The van der Waals surface area contributed by atoms with Crippen molar-refractivity contribution in [2.24, 2.45) is 0 Å². The van der Waals surface area contributed by atoms with Crippen LogP contribution in [0.2, 0.25) is 5.15 Å². The average molecular weight is 275 g/mol. The van der Waals surface area contributed by atoms with Crippen LogP contribution in [0.25, 0.3) is 10.8 Å². The second-order valence-electron chi connectivity index (χ2n) is 3.87. The average Bonchev–Trinajstić information content (AvgIpc) is 2.44. The molecule has 3 aromatic rings. The number of nitrogens with zero attached hydrogens (tertiary/aromatic N) is 2. The Labute approximate surface area is 113 Å². The van der Waals surface area contributed by atoms with Gasteiger partial charge in [0.2, 0.25) is 5.88 Å². The monoisotopic (exact) mass is 274 g/mol. The van der Waals surface area contributed by atoms with Crippen LogP contribution in [-0.4, -0.2) is 10.2 Å². The van der Waals surface area contributed by atoms with Gasteiger partial charge in [-0.3, -0.25) is 0 Å². The maximum absolute atomic E-state index is 13.6. The molecule has 3 nitrogen and oxygen atoms in total. The van der Waals surface area contributed by atoms with Crippen LogP contribution in [0.5, 0.6) is 11.6 Å². The van der Waals surface area contributed by atoms with Gasteiger partial charge in [0.1, 0.15) is 0 Å². The first-order chi connectivity index (χ1) is 9.25. The lowest BCUT2D eigenvalue weighted by Crippen LogP contribution is -1.94. The molecule has 0 unspecified atom stereocenters. The third-order valence-electron chi connectivity index (χ3n) is 2.65. The first kappa shape index (κ1) is 11.9. The predicted molar refractivity (Wildman–Crippen MR) is 71.0 cm³/mol. The molecule has 94 valence electrons. The molecule has 0 N–H and O–H groups in total. The molecule has 0 atom stereocenters. The fraction of sp³-hybridized carbons (Fsp3) is 0. The van der Waals surface area contributed by atoms with Crippen molar-refractivity contribution in [3.05, 3.63) is 59.5 Å². The molecular weight excluding hydrogens is 267 g/mol. The number of fused-ring (bicyclic) bond motifs is 1. The second kappa shape index (κ2) is 4.82. The first-order valence-corrected chi connectivity index (χ1v) is 5.97. The van der Waals surface area contributed by atoms with Gasteiger partial charge in [-0.05, 0) is 18.2 Å². The van der Waals surface area contributed by atoms with E-state index in [1.807, 2.05) is 12.1 Å². The van der Waals surface area contributed by atoms with Crippen molar-refractivity contribution in [3.8, 4) is 11.6 Å². The van der Waals surface area contributed by atoms with Gasteiger partial charge < -0.3 is 4.74 Å². The SMILES string of the molecule is Fc1ccccc1Oc1nnc(Cl)c2ccccc12. The van der Waals surface area contributed by atoms with Crippen molar-refractivity contribution in [1.82, 2.24) is 10.2 Å². The lowest BCUT2D eigenvalue weighted by atomic mass is 10.2. The molecule has 0 aliphatic rings. The Hall–Kier alpha value is -2.20. The standard InChI is InChI=1S/C14H8ClFN2O/c15-13-9-5-1-2-6-10(9)14(18-17-13)19-12-8-4-3-7-11(12)16/h1-8H. The molecule has 1 heterocycles. The number of hydrogen-bond donors (Lipinski definition) is 0. The highest BCUT2D eigenvalue weighted by atomic mass is 35.5. The van der Waals surface area contributed by atoms with Gasteiger partial charge in [0.15, 0.2) is 16.7 Å². The molecule has 0 spiro atoms. The van der Waals surface area contributed by atoms with Gasteiger partial charge in [-0.1, -0.05) is 41.9 Å². The van der Waals surface area contributed by atoms with Crippen LogP contribution in [0.1, 0.15) is 0 Å². The van der Waals surface area contributed by atoms with E-state index in [9.17, 15) is 4.39 Å². The van der Waals surface area contributed by atoms with E-state index in [1.54, 1.807) is 24.3 Å². The highest BCUT2D eigenvalue weighted by molar-refractivity contribution is 6.34. The molecule has 0 bridgehead atoms. The van der Waals surface area contributed by atoms with Crippen LogP contribution < -0.4 is 4.74 Å². The Morgan fingerprint density at radius 2 is 1.58 bits per heavy atom. The molecule has 3 rings (SSSR count). The molecule has 0 radical (unpaired) electrons. The number of benzene rings is 2. The Morgan fingerprint density at radius 3 is 2.37 bits per heavy atom. The van der Waals surface area contributed by atoms with Crippen molar-refractivity contribution >= 4 is 22.4 Å². The summed E-state index contributed by atoms with van der Waals surface area (Å²) in [7, 11) is 0. The van der Waals surface area contributed by atoms with Crippen molar-refractivity contribution in [1.29, 1.82) is 0 Å². The van der Waals surface area contributed by atoms with E-state index in [2.05, 4.69) is 10.2 Å². The lowest BCUT2D eigenvalue weighted by molar-refractivity contribution is 0.427. The topological polar surface area (TPSA) is 35.0 Å². The number of halogens is 2. The molecule has 19 heavy (non-hydrogen) atoms. The minimum Gasteiger partial charge on any atom is -0.434 e. The van der Waals surface area contributed by atoms with Crippen molar-refractivity contribution in [2.75, 3.05) is 0 Å². The maximum atomic E-state index is 13.6. The highest BCUT2D eigenvalue weighted by Gasteiger charge is 2.11. The highest BCUT2D eigenvalue weighted by Crippen LogP contribution is 2.31. The second-order valence-corrected chi connectivity index (χ2v) is 4.23. The molecule has 5 heteroatoms. The number of rotatable bonds is 2. The summed E-state index contributed by atoms with van der Waals surface area (Å²) in [6, 6.07) is 13.4. The van der Waals surface area contributed by atoms with Crippen molar-refractivity contribution in [2.45, 2.75) is 0 Å². The molecule has 0 saturated carbocycles. The zero-order valence-electron chi connectivity index (χ0n) is 9.68. The fourth-order valence-corrected chi connectivity index (χ4v) is 1.96. The Bertz CT molecular complexity index is 748. The summed E-state index contributed by atoms with van der Waals surface area (Å²) in [4.78, 5) is 0. The van der Waals surface area contributed by atoms with Gasteiger partial charge in [0.05, 0.1) is 0 Å². The molecule has 0 aliphatic carbocycles. The summed E-state index contributed by atoms with van der Waals surface area (Å²) >= 11 is 5.96.